The van der Waals surface area contributed by atoms with Crippen molar-refractivity contribution >= 4 is 11.0 Å². The van der Waals surface area contributed by atoms with Crippen LogP contribution in [0.1, 0.15) is 18.8 Å². The number of nitrogens with one attached hydrogen (secondary N) is 1. The molecule has 2 aromatic rings. The number of morpholine rings is 1. The molecule has 0 spiro atoms. The Morgan fingerprint density at radius 3 is 2.94 bits per heavy atom. The van der Waals surface area contributed by atoms with Crippen LogP contribution in [-0.4, -0.2) is 19.2 Å². The third kappa shape index (κ3) is 1.72. The molecule has 1 aliphatic rings. The Balaban J connectivity index is 1.88. The van der Waals surface area contributed by atoms with Crippen molar-refractivity contribution in [3.63, 3.8) is 0 Å². The molecule has 0 amide bonds. The van der Waals surface area contributed by atoms with E-state index in [1.165, 1.54) is 0 Å². The lowest BCUT2D eigenvalue weighted by Crippen LogP contribution is -2.40. The first-order chi connectivity index (χ1) is 7.83. The van der Waals surface area contributed by atoms with Gasteiger partial charge >= 0.3 is 0 Å². The highest BCUT2D eigenvalue weighted by Crippen LogP contribution is 2.26. The van der Waals surface area contributed by atoms with Gasteiger partial charge in [0.05, 0.1) is 6.61 Å². The zero-order chi connectivity index (χ0) is 11.0. The van der Waals surface area contributed by atoms with Gasteiger partial charge in [-0.15, -0.1) is 0 Å². The molecule has 1 N–H and O–H groups in total. The van der Waals surface area contributed by atoms with Crippen LogP contribution < -0.4 is 5.32 Å². The molecule has 84 valence electrons. The summed E-state index contributed by atoms with van der Waals surface area (Å²) in [7, 11) is 0. The second-order valence-corrected chi connectivity index (χ2v) is 4.32. The molecule has 3 rings (SSSR count). The second kappa shape index (κ2) is 3.92. The SMILES string of the molecule is CC1COC(c2cc3ccccc3o2)CN1. The van der Waals surface area contributed by atoms with Gasteiger partial charge in [0.2, 0.25) is 0 Å². The third-order valence-electron chi connectivity index (χ3n) is 2.96. The number of para-hydroxylation sites is 1. The molecule has 2 unspecified atom stereocenters. The summed E-state index contributed by atoms with van der Waals surface area (Å²) >= 11 is 0. The molecule has 1 aliphatic heterocycles. The lowest BCUT2D eigenvalue weighted by Gasteiger charge is -2.26. The van der Waals surface area contributed by atoms with E-state index in [1.54, 1.807) is 0 Å². The molecule has 0 aliphatic carbocycles. The summed E-state index contributed by atoms with van der Waals surface area (Å²) in [5.74, 6) is 0.917. The van der Waals surface area contributed by atoms with Crippen molar-refractivity contribution in [1.82, 2.24) is 5.32 Å². The van der Waals surface area contributed by atoms with Crippen molar-refractivity contribution in [3.8, 4) is 0 Å². The minimum atomic E-state index is 0.0450. The molecule has 16 heavy (non-hydrogen) atoms. The molecular weight excluding hydrogens is 202 g/mol. The van der Waals surface area contributed by atoms with E-state index in [0.717, 1.165) is 29.9 Å². The smallest absolute Gasteiger partial charge is 0.135 e. The van der Waals surface area contributed by atoms with Crippen molar-refractivity contribution in [1.29, 1.82) is 0 Å². The molecule has 3 heteroatoms. The highest BCUT2D eigenvalue weighted by Gasteiger charge is 2.22. The van der Waals surface area contributed by atoms with Crippen LogP contribution >= 0.6 is 0 Å². The van der Waals surface area contributed by atoms with Crippen molar-refractivity contribution in [2.24, 2.45) is 0 Å². The van der Waals surface area contributed by atoms with E-state index >= 15 is 0 Å². The highest BCUT2D eigenvalue weighted by atomic mass is 16.5. The van der Waals surface area contributed by atoms with Crippen LogP contribution in [0.4, 0.5) is 0 Å². The molecule has 2 heterocycles. The fourth-order valence-corrected chi connectivity index (χ4v) is 2.03. The van der Waals surface area contributed by atoms with Gasteiger partial charge in [-0.25, -0.2) is 0 Å². The maximum atomic E-state index is 5.78. The van der Waals surface area contributed by atoms with Gasteiger partial charge in [0.15, 0.2) is 0 Å². The van der Waals surface area contributed by atoms with Gasteiger partial charge in [-0.05, 0) is 19.1 Å². The zero-order valence-corrected chi connectivity index (χ0v) is 9.27. The van der Waals surface area contributed by atoms with Crippen LogP contribution in [0.2, 0.25) is 0 Å². The Kier molecular flexibility index (Phi) is 2.42. The lowest BCUT2D eigenvalue weighted by molar-refractivity contribution is -0.00420. The van der Waals surface area contributed by atoms with Crippen LogP contribution in [0, 0.1) is 0 Å². The van der Waals surface area contributed by atoms with Crippen LogP contribution in [0.3, 0.4) is 0 Å². The summed E-state index contributed by atoms with van der Waals surface area (Å²) in [5.41, 5.74) is 0.930. The summed E-state index contributed by atoms with van der Waals surface area (Å²) in [6, 6.07) is 10.5. The second-order valence-electron chi connectivity index (χ2n) is 4.32. The van der Waals surface area contributed by atoms with E-state index < -0.39 is 0 Å². The Bertz CT molecular complexity index is 450. The molecule has 1 aromatic heterocycles. The number of hydrogen-bond acceptors (Lipinski definition) is 3. The predicted molar refractivity (Wildman–Crippen MR) is 62.4 cm³/mol. The summed E-state index contributed by atoms with van der Waals surface area (Å²) < 4.78 is 11.5. The minimum absolute atomic E-state index is 0.0450. The first-order valence-electron chi connectivity index (χ1n) is 5.66. The van der Waals surface area contributed by atoms with E-state index in [2.05, 4.69) is 24.4 Å². The van der Waals surface area contributed by atoms with Gasteiger partial charge < -0.3 is 14.5 Å². The quantitative estimate of drug-likeness (QED) is 0.796. The fraction of sp³-hybridized carbons (Fsp3) is 0.385. The molecule has 0 saturated carbocycles. The summed E-state index contributed by atoms with van der Waals surface area (Å²) in [6.45, 7) is 3.68. The normalized spacial score (nSPS) is 26.1. The van der Waals surface area contributed by atoms with Crippen molar-refractivity contribution in [3.05, 3.63) is 36.1 Å². The van der Waals surface area contributed by atoms with Crippen LogP contribution in [-0.2, 0) is 4.74 Å². The largest absolute Gasteiger partial charge is 0.458 e. The Labute approximate surface area is 94.4 Å². The van der Waals surface area contributed by atoms with Crippen LogP contribution in [0.5, 0.6) is 0 Å². The van der Waals surface area contributed by atoms with Gasteiger partial charge in [0.1, 0.15) is 17.4 Å². The van der Waals surface area contributed by atoms with Crippen LogP contribution in [0.15, 0.2) is 34.7 Å². The molecule has 1 aromatic carbocycles. The fourth-order valence-electron chi connectivity index (χ4n) is 2.03. The number of rotatable bonds is 1. The molecular formula is C13H15NO2. The Hall–Kier alpha value is -1.32. The Morgan fingerprint density at radius 2 is 2.19 bits per heavy atom. The molecule has 1 fully saturated rings. The van der Waals surface area contributed by atoms with Crippen molar-refractivity contribution in [2.75, 3.05) is 13.2 Å². The van der Waals surface area contributed by atoms with Gasteiger partial charge in [-0.2, -0.15) is 0 Å². The van der Waals surface area contributed by atoms with Gasteiger partial charge in [-0.3, -0.25) is 0 Å². The van der Waals surface area contributed by atoms with E-state index in [1.807, 2.05) is 18.2 Å². The average Bonchev–Trinajstić information content (AvgIpc) is 2.73. The molecule has 0 radical (unpaired) electrons. The van der Waals surface area contributed by atoms with E-state index in [-0.39, 0.29) is 6.10 Å². The monoisotopic (exact) mass is 217 g/mol. The van der Waals surface area contributed by atoms with Gasteiger partial charge in [0.25, 0.3) is 0 Å². The van der Waals surface area contributed by atoms with Crippen molar-refractivity contribution in [2.45, 2.75) is 19.1 Å². The number of hydrogen-bond donors (Lipinski definition) is 1. The van der Waals surface area contributed by atoms with E-state index in [0.29, 0.717) is 6.04 Å². The number of fused-ring (bicyclic) bond motifs is 1. The maximum absolute atomic E-state index is 5.78. The summed E-state index contributed by atoms with van der Waals surface area (Å²) in [5, 5.41) is 4.53. The summed E-state index contributed by atoms with van der Waals surface area (Å²) in [4.78, 5) is 0. The Morgan fingerprint density at radius 1 is 1.31 bits per heavy atom. The third-order valence-corrected chi connectivity index (χ3v) is 2.96. The molecule has 3 nitrogen and oxygen atoms in total. The molecule has 2 atom stereocenters. The predicted octanol–water partition coefficient (Wildman–Crippen LogP) is 2.48. The number of benzene rings is 1. The first-order valence-corrected chi connectivity index (χ1v) is 5.66. The lowest BCUT2D eigenvalue weighted by atomic mass is 10.2. The van der Waals surface area contributed by atoms with E-state index in [4.69, 9.17) is 9.15 Å². The molecule has 1 saturated heterocycles. The highest BCUT2D eigenvalue weighted by molar-refractivity contribution is 5.77. The van der Waals surface area contributed by atoms with Gasteiger partial charge in [0, 0.05) is 18.0 Å². The van der Waals surface area contributed by atoms with E-state index in [9.17, 15) is 0 Å². The summed E-state index contributed by atoms with van der Waals surface area (Å²) in [6.07, 6.45) is 0.0450. The average molecular weight is 217 g/mol. The van der Waals surface area contributed by atoms with Crippen molar-refractivity contribution < 1.29 is 9.15 Å². The molecule has 0 bridgehead atoms. The zero-order valence-electron chi connectivity index (χ0n) is 9.27. The number of furan rings is 1. The maximum Gasteiger partial charge on any atom is 0.135 e. The van der Waals surface area contributed by atoms with Crippen LogP contribution in [0.25, 0.3) is 11.0 Å². The standard InChI is InChI=1S/C13H15NO2/c1-9-8-15-13(7-14-9)12-6-10-4-2-3-5-11(10)16-12/h2-6,9,13-14H,7-8H2,1H3. The number of ether oxygens (including phenoxy) is 1. The van der Waals surface area contributed by atoms with Gasteiger partial charge in [-0.1, -0.05) is 18.2 Å². The topological polar surface area (TPSA) is 34.4 Å². The minimum Gasteiger partial charge on any atom is -0.458 e. The first kappa shape index (κ1) is 9.87.